The van der Waals surface area contributed by atoms with Crippen molar-refractivity contribution >= 4 is 11.9 Å². The van der Waals surface area contributed by atoms with E-state index in [9.17, 15) is 9.18 Å². The Morgan fingerprint density at radius 1 is 1.34 bits per heavy atom. The predicted octanol–water partition coefficient (Wildman–Crippen LogP) is 1.76. The van der Waals surface area contributed by atoms with E-state index in [0.29, 0.717) is 17.9 Å². The van der Waals surface area contributed by atoms with Crippen molar-refractivity contribution in [2.45, 2.75) is 23.7 Å². The molecule has 0 radical (unpaired) electrons. The highest BCUT2D eigenvalue weighted by atomic mass is 19.1. The summed E-state index contributed by atoms with van der Waals surface area (Å²) in [6.45, 7) is -0.0527. The molecule has 5 rings (SSSR count). The fraction of sp³-hybridized carbons (Fsp3) is 0.350. The van der Waals surface area contributed by atoms with Crippen molar-refractivity contribution in [2.75, 3.05) is 20.3 Å². The number of carbonyl (C=O) groups is 1. The van der Waals surface area contributed by atoms with Crippen LogP contribution in [0.5, 0.6) is 5.75 Å². The number of carbonyl (C=O) groups excluding carboxylic acids is 1. The normalized spacial score (nSPS) is 30.6. The lowest BCUT2D eigenvalue weighted by atomic mass is 9.69. The number of guanidine groups is 1. The molecule has 0 bridgehead atoms. The summed E-state index contributed by atoms with van der Waals surface area (Å²) in [6, 6.07) is 7.92. The van der Waals surface area contributed by atoms with E-state index >= 15 is 4.39 Å². The summed E-state index contributed by atoms with van der Waals surface area (Å²) >= 11 is 0. The lowest BCUT2D eigenvalue weighted by Gasteiger charge is -2.49. The molecule has 2 N–H and O–H groups in total. The van der Waals surface area contributed by atoms with Gasteiger partial charge in [-0.05, 0) is 29.8 Å². The minimum atomic E-state index is -2.25. The van der Waals surface area contributed by atoms with E-state index in [4.69, 9.17) is 15.2 Å². The highest BCUT2D eigenvalue weighted by molar-refractivity contribution is 6.08. The fourth-order valence-corrected chi connectivity index (χ4v) is 4.37. The van der Waals surface area contributed by atoms with E-state index in [1.54, 1.807) is 24.3 Å². The van der Waals surface area contributed by atoms with E-state index < -0.39 is 29.2 Å². The van der Waals surface area contributed by atoms with Crippen LogP contribution in [0.1, 0.15) is 12.0 Å². The summed E-state index contributed by atoms with van der Waals surface area (Å²) in [5, 5.41) is 0. The van der Waals surface area contributed by atoms with Gasteiger partial charge in [0, 0.05) is 30.8 Å². The largest absolute Gasteiger partial charge is 0.486 e. The molecule has 0 saturated carbocycles. The van der Waals surface area contributed by atoms with Crippen molar-refractivity contribution in [2.24, 2.45) is 10.7 Å². The Balaban J connectivity index is 1.78. The zero-order valence-electron chi connectivity index (χ0n) is 15.6. The van der Waals surface area contributed by atoms with E-state index in [2.05, 4.69) is 9.98 Å². The fourth-order valence-electron chi connectivity index (χ4n) is 4.37. The first-order chi connectivity index (χ1) is 13.9. The summed E-state index contributed by atoms with van der Waals surface area (Å²) in [5.41, 5.74) is 2.55. The molecule has 29 heavy (non-hydrogen) atoms. The third-order valence-corrected chi connectivity index (χ3v) is 5.90. The highest BCUT2D eigenvalue weighted by Gasteiger charge is 2.71. The summed E-state index contributed by atoms with van der Waals surface area (Å²) in [7, 11) is 1.44. The second kappa shape index (κ2) is 5.96. The number of ether oxygens (including phenoxy) is 2. The van der Waals surface area contributed by atoms with Crippen LogP contribution in [0, 0.1) is 5.95 Å². The smallest absolute Gasteiger partial charge is 0.265 e. The Morgan fingerprint density at radius 2 is 2.17 bits per heavy atom. The summed E-state index contributed by atoms with van der Waals surface area (Å²) in [5.74, 6) is -1.06. The van der Waals surface area contributed by atoms with Gasteiger partial charge in [-0.2, -0.15) is 4.39 Å². The molecule has 7 nitrogen and oxygen atoms in total. The SMILES string of the molecule is CN1C(=O)[C@]2(N=C1N)c1cc(-c3cccnc3F)ccc1O[C@H]1CCOCC12F. The molecule has 4 heterocycles. The molecule has 1 aromatic carbocycles. The zero-order valence-corrected chi connectivity index (χ0v) is 15.6. The van der Waals surface area contributed by atoms with Gasteiger partial charge in [0.25, 0.3) is 5.91 Å². The predicted molar refractivity (Wildman–Crippen MR) is 99.4 cm³/mol. The number of pyridine rings is 1. The molecule has 150 valence electrons. The Labute approximate surface area is 165 Å². The molecular weight excluding hydrogens is 382 g/mol. The maximum Gasteiger partial charge on any atom is 0.265 e. The third-order valence-electron chi connectivity index (χ3n) is 5.90. The second-order valence-corrected chi connectivity index (χ2v) is 7.41. The van der Waals surface area contributed by atoms with Gasteiger partial charge in [-0.1, -0.05) is 6.07 Å². The Hall–Kier alpha value is -3.07. The highest BCUT2D eigenvalue weighted by Crippen LogP contribution is 2.55. The van der Waals surface area contributed by atoms with Crippen molar-refractivity contribution in [3.05, 3.63) is 48.0 Å². The lowest BCUT2D eigenvalue weighted by molar-refractivity contribution is -0.170. The molecule has 2 aromatic rings. The minimum Gasteiger partial charge on any atom is -0.486 e. The summed E-state index contributed by atoms with van der Waals surface area (Å²) in [6.07, 6.45) is 0.683. The van der Waals surface area contributed by atoms with Gasteiger partial charge >= 0.3 is 0 Å². The Bertz CT molecular complexity index is 1060. The quantitative estimate of drug-likeness (QED) is 0.737. The van der Waals surface area contributed by atoms with E-state index in [0.717, 1.165) is 4.90 Å². The van der Waals surface area contributed by atoms with Crippen molar-refractivity contribution in [3.8, 4) is 16.9 Å². The van der Waals surface area contributed by atoms with Crippen molar-refractivity contribution in [1.82, 2.24) is 9.88 Å². The molecule has 3 aliphatic rings. The number of amides is 1. The first-order valence-corrected chi connectivity index (χ1v) is 9.21. The van der Waals surface area contributed by atoms with Crippen molar-refractivity contribution < 1.29 is 23.0 Å². The summed E-state index contributed by atoms with van der Waals surface area (Å²) in [4.78, 5) is 22.4. The number of aliphatic imine (C=N–C) groups is 1. The van der Waals surface area contributed by atoms with Gasteiger partial charge in [-0.3, -0.25) is 9.69 Å². The van der Waals surface area contributed by atoms with Crippen LogP contribution >= 0.6 is 0 Å². The Kier molecular flexibility index (Phi) is 3.70. The number of nitrogens with zero attached hydrogens (tertiary/aromatic N) is 3. The maximum absolute atomic E-state index is 16.5. The number of hydrogen-bond acceptors (Lipinski definition) is 6. The molecule has 1 fully saturated rings. The second-order valence-electron chi connectivity index (χ2n) is 7.41. The van der Waals surface area contributed by atoms with Gasteiger partial charge in [-0.25, -0.2) is 14.4 Å². The average Bonchev–Trinajstić information content (AvgIpc) is 2.95. The van der Waals surface area contributed by atoms with Crippen LogP contribution < -0.4 is 10.5 Å². The molecule has 1 amide bonds. The zero-order chi connectivity index (χ0) is 20.4. The Morgan fingerprint density at radius 3 is 2.90 bits per heavy atom. The molecule has 0 aliphatic carbocycles. The topological polar surface area (TPSA) is 90.0 Å². The molecular formula is C20H18F2N4O3. The van der Waals surface area contributed by atoms with Crippen molar-refractivity contribution in [1.29, 1.82) is 0 Å². The van der Waals surface area contributed by atoms with Crippen LogP contribution in [0.4, 0.5) is 8.78 Å². The third kappa shape index (κ3) is 2.21. The minimum absolute atomic E-state index is 0.0952. The van der Waals surface area contributed by atoms with Crippen LogP contribution in [-0.4, -0.2) is 53.8 Å². The van der Waals surface area contributed by atoms with E-state index in [1.165, 1.54) is 19.3 Å². The lowest BCUT2D eigenvalue weighted by Crippen LogP contribution is -2.67. The van der Waals surface area contributed by atoms with Gasteiger partial charge in [-0.15, -0.1) is 0 Å². The van der Waals surface area contributed by atoms with Gasteiger partial charge < -0.3 is 15.2 Å². The monoisotopic (exact) mass is 400 g/mol. The molecule has 3 aliphatic heterocycles. The number of rotatable bonds is 1. The maximum atomic E-state index is 16.5. The number of aromatic nitrogens is 1. The van der Waals surface area contributed by atoms with Crippen LogP contribution in [0.25, 0.3) is 11.1 Å². The number of likely N-dealkylation sites (N-methyl/N-ethyl adjacent to an activating group) is 1. The number of alkyl halides is 1. The van der Waals surface area contributed by atoms with E-state index in [1.807, 2.05) is 0 Å². The standard InChI is InChI=1S/C20H18F2N4O3/c1-26-17(27)20(25-18(26)23)13-9-11(12-3-2-7-24-16(12)21)4-5-14(13)29-15-6-8-28-10-19(15,20)22/h2-5,7,9,15H,6,8,10H2,1H3,(H2,23,25)/t15-,19?,20+/m0/s1. The number of nitrogens with two attached hydrogens (primary N) is 1. The first kappa shape index (κ1) is 18.0. The first-order valence-electron chi connectivity index (χ1n) is 9.21. The molecule has 1 spiro atoms. The molecule has 1 aromatic heterocycles. The summed E-state index contributed by atoms with van der Waals surface area (Å²) < 4.78 is 42.1. The van der Waals surface area contributed by atoms with Gasteiger partial charge in [0.1, 0.15) is 11.9 Å². The number of hydrogen-bond donors (Lipinski definition) is 1. The van der Waals surface area contributed by atoms with Crippen LogP contribution in [0.2, 0.25) is 0 Å². The molecule has 3 atom stereocenters. The molecule has 9 heteroatoms. The number of fused-ring (bicyclic) bond motifs is 4. The number of benzene rings is 1. The van der Waals surface area contributed by atoms with Gasteiger partial charge in [0.15, 0.2) is 5.96 Å². The number of halogens is 2. The van der Waals surface area contributed by atoms with Gasteiger partial charge in [0.05, 0.1) is 13.2 Å². The van der Waals surface area contributed by atoms with Crippen LogP contribution in [0.15, 0.2) is 41.5 Å². The average molecular weight is 400 g/mol. The van der Waals surface area contributed by atoms with Gasteiger partial charge in [0.2, 0.25) is 17.2 Å². The van der Waals surface area contributed by atoms with Crippen LogP contribution in [-0.2, 0) is 15.1 Å². The van der Waals surface area contributed by atoms with Crippen LogP contribution in [0.3, 0.4) is 0 Å². The van der Waals surface area contributed by atoms with E-state index in [-0.39, 0.29) is 30.1 Å². The van der Waals surface area contributed by atoms with Crippen molar-refractivity contribution in [3.63, 3.8) is 0 Å². The molecule has 1 unspecified atom stereocenters. The molecule has 1 saturated heterocycles.